The molecule has 0 radical (unpaired) electrons. The molecule has 0 amide bonds. The number of esters is 1. The van der Waals surface area contributed by atoms with Gasteiger partial charge in [-0.3, -0.25) is 9.59 Å². The molecule has 0 unspecified atom stereocenters. The molecule has 0 saturated heterocycles. The second-order valence-electron chi connectivity index (χ2n) is 10.5. The van der Waals surface area contributed by atoms with Crippen LogP contribution in [0.3, 0.4) is 0 Å². The molecule has 28 heavy (non-hydrogen) atoms. The number of carbonyl (C=O) groups excluding carboxylic acids is 2. The third-order valence-electron chi connectivity index (χ3n) is 9.06. The fourth-order valence-corrected chi connectivity index (χ4v) is 7.28. The highest BCUT2D eigenvalue weighted by atomic mass is 16.6. The van der Waals surface area contributed by atoms with Crippen LogP contribution in [0.15, 0.2) is 11.6 Å². The lowest BCUT2D eigenvalue weighted by molar-refractivity contribution is -0.175. The van der Waals surface area contributed by atoms with E-state index in [0.29, 0.717) is 30.0 Å². The van der Waals surface area contributed by atoms with Crippen molar-refractivity contribution >= 4 is 11.8 Å². The highest BCUT2D eigenvalue weighted by Crippen LogP contribution is 2.68. The molecular formula is C25H34O3. The highest BCUT2D eigenvalue weighted by Gasteiger charge is 2.65. The summed E-state index contributed by atoms with van der Waals surface area (Å²) in [6.45, 7) is 8.43. The van der Waals surface area contributed by atoms with Crippen molar-refractivity contribution in [2.24, 2.45) is 34.5 Å². The Labute approximate surface area is 169 Å². The smallest absolute Gasteiger partial charge is 0.309 e. The molecule has 0 aromatic rings. The summed E-state index contributed by atoms with van der Waals surface area (Å²) in [5.74, 6) is 4.67. The summed E-state index contributed by atoms with van der Waals surface area (Å²) < 4.78 is 6.08. The zero-order chi connectivity index (χ0) is 20.3. The van der Waals surface area contributed by atoms with Gasteiger partial charge >= 0.3 is 5.97 Å². The molecule has 3 fully saturated rings. The normalized spacial score (nSPS) is 44.8. The number of fused-ring (bicyclic) bond motifs is 5. The zero-order valence-electron chi connectivity index (χ0n) is 17.8. The fraction of sp³-hybridized carbons (Fsp3) is 0.760. The van der Waals surface area contributed by atoms with Gasteiger partial charge in [-0.25, -0.2) is 0 Å². The minimum absolute atomic E-state index is 0.143. The van der Waals surface area contributed by atoms with Crippen LogP contribution in [0.4, 0.5) is 0 Å². The zero-order valence-corrected chi connectivity index (χ0v) is 17.8. The number of ketones is 1. The van der Waals surface area contributed by atoms with E-state index in [4.69, 9.17) is 11.2 Å². The van der Waals surface area contributed by atoms with Gasteiger partial charge in [-0.05, 0) is 74.2 Å². The molecule has 0 spiro atoms. The maximum Gasteiger partial charge on any atom is 0.309 e. The van der Waals surface area contributed by atoms with Gasteiger partial charge in [0.2, 0.25) is 0 Å². The Bertz CT molecular complexity index is 771. The van der Waals surface area contributed by atoms with E-state index in [9.17, 15) is 9.59 Å². The lowest BCUT2D eigenvalue weighted by Gasteiger charge is -2.58. The molecule has 0 bridgehead atoms. The van der Waals surface area contributed by atoms with E-state index in [2.05, 4.69) is 19.8 Å². The first-order valence-corrected chi connectivity index (χ1v) is 11.1. The molecule has 0 aliphatic heterocycles. The Hall–Kier alpha value is -1.56. The van der Waals surface area contributed by atoms with Crippen molar-refractivity contribution in [2.75, 3.05) is 0 Å². The average Bonchev–Trinajstić information content (AvgIpc) is 2.95. The number of terminal acetylenes is 1. The van der Waals surface area contributed by atoms with E-state index in [1.807, 2.05) is 19.9 Å². The van der Waals surface area contributed by atoms with E-state index in [-0.39, 0.29) is 22.7 Å². The summed E-state index contributed by atoms with van der Waals surface area (Å²) in [7, 11) is 0. The maximum absolute atomic E-state index is 12.5. The van der Waals surface area contributed by atoms with Gasteiger partial charge in [-0.15, -0.1) is 6.42 Å². The Morgan fingerprint density at radius 2 is 1.86 bits per heavy atom. The van der Waals surface area contributed by atoms with E-state index in [1.54, 1.807) is 0 Å². The molecule has 4 aliphatic carbocycles. The molecule has 152 valence electrons. The molecule has 0 heterocycles. The van der Waals surface area contributed by atoms with Gasteiger partial charge < -0.3 is 4.74 Å². The van der Waals surface area contributed by atoms with Crippen molar-refractivity contribution in [2.45, 2.75) is 84.7 Å². The van der Waals surface area contributed by atoms with Crippen LogP contribution >= 0.6 is 0 Å². The lowest BCUT2D eigenvalue weighted by atomic mass is 9.46. The number of carbonyl (C=O) groups is 2. The molecule has 4 aliphatic rings. The first-order valence-electron chi connectivity index (χ1n) is 11.1. The number of hydrogen-bond acceptors (Lipinski definition) is 3. The summed E-state index contributed by atoms with van der Waals surface area (Å²) in [4.78, 5) is 24.5. The van der Waals surface area contributed by atoms with Crippen LogP contribution in [-0.4, -0.2) is 17.4 Å². The molecule has 3 nitrogen and oxygen atoms in total. The van der Waals surface area contributed by atoms with E-state index in [1.165, 1.54) is 5.57 Å². The van der Waals surface area contributed by atoms with Crippen LogP contribution in [0.2, 0.25) is 0 Å². The van der Waals surface area contributed by atoms with Crippen molar-refractivity contribution in [3.63, 3.8) is 0 Å². The topological polar surface area (TPSA) is 43.4 Å². The summed E-state index contributed by atoms with van der Waals surface area (Å²) in [6, 6.07) is 0. The van der Waals surface area contributed by atoms with Crippen molar-refractivity contribution in [3.05, 3.63) is 11.6 Å². The number of allylic oxidation sites excluding steroid dienone is 1. The van der Waals surface area contributed by atoms with Gasteiger partial charge in [0.15, 0.2) is 11.4 Å². The highest BCUT2D eigenvalue weighted by molar-refractivity contribution is 5.91. The monoisotopic (exact) mass is 382 g/mol. The van der Waals surface area contributed by atoms with Crippen molar-refractivity contribution in [1.82, 2.24) is 0 Å². The Morgan fingerprint density at radius 1 is 1.14 bits per heavy atom. The predicted molar refractivity (Wildman–Crippen MR) is 109 cm³/mol. The number of ether oxygens (including phenoxy) is 1. The van der Waals surface area contributed by atoms with Crippen molar-refractivity contribution < 1.29 is 14.3 Å². The lowest BCUT2D eigenvalue weighted by Crippen LogP contribution is -2.55. The van der Waals surface area contributed by atoms with Crippen LogP contribution in [-0.2, 0) is 14.3 Å². The minimum Gasteiger partial charge on any atom is -0.445 e. The quantitative estimate of drug-likeness (QED) is 0.493. The Balaban J connectivity index is 1.66. The second-order valence-corrected chi connectivity index (χ2v) is 10.5. The van der Waals surface area contributed by atoms with Crippen molar-refractivity contribution in [1.29, 1.82) is 0 Å². The van der Waals surface area contributed by atoms with Crippen LogP contribution in [0.5, 0.6) is 0 Å². The number of hydrogen-bond donors (Lipinski definition) is 0. The summed E-state index contributed by atoms with van der Waals surface area (Å²) in [5.41, 5.74) is 0.647. The van der Waals surface area contributed by atoms with E-state index >= 15 is 0 Å². The largest absolute Gasteiger partial charge is 0.445 e. The molecule has 6 atom stereocenters. The Morgan fingerprint density at radius 3 is 2.54 bits per heavy atom. The standard InChI is InChI=1S/C25H34O3/c1-6-25(28-22(27)16(2)3)14-11-21-19-8-7-17-15-18(26)9-12-23(17,4)20(19)10-13-24(21,25)5/h1,15-16,19-21H,7-14H2,2-5H3/t19-,20+,21+,23+,24+,25+/m1/s1. The molecule has 3 saturated carbocycles. The van der Waals surface area contributed by atoms with Gasteiger partial charge in [-0.1, -0.05) is 39.2 Å². The average molecular weight is 383 g/mol. The van der Waals surface area contributed by atoms with Gasteiger partial charge in [0.05, 0.1) is 5.92 Å². The van der Waals surface area contributed by atoms with E-state index < -0.39 is 5.60 Å². The Kier molecular flexibility index (Phi) is 4.57. The number of rotatable bonds is 2. The summed E-state index contributed by atoms with van der Waals surface area (Å²) in [6.07, 6.45) is 15.8. The van der Waals surface area contributed by atoms with Gasteiger partial charge in [0.1, 0.15) is 0 Å². The predicted octanol–water partition coefficient (Wildman–Crippen LogP) is 5.09. The van der Waals surface area contributed by atoms with Gasteiger partial charge in [0.25, 0.3) is 0 Å². The second kappa shape index (κ2) is 6.48. The van der Waals surface area contributed by atoms with Crippen LogP contribution in [0.1, 0.15) is 79.1 Å². The molecule has 0 N–H and O–H groups in total. The first-order chi connectivity index (χ1) is 13.2. The summed E-state index contributed by atoms with van der Waals surface area (Å²) >= 11 is 0. The fourth-order valence-electron chi connectivity index (χ4n) is 7.28. The summed E-state index contributed by atoms with van der Waals surface area (Å²) in [5, 5.41) is 0. The third kappa shape index (κ3) is 2.56. The first kappa shape index (κ1) is 19.7. The van der Waals surface area contributed by atoms with Crippen LogP contribution < -0.4 is 0 Å². The minimum atomic E-state index is -0.760. The maximum atomic E-state index is 12.5. The van der Waals surface area contributed by atoms with Crippen LogP contribution in [0, 0.1) is 46.8 Å². The molecule has 4 rings (SSSR count). The molecule has 3 heteroatoms. The molecular weight excluding hydrogens is 348 g/mol. The molecule has 0 aromatic carbocycles. The van der Waals surface area contributed by atoms with Crippen LogP contribution in [0.25, 0.3) is 0 Å². The third-order valence-corrected chi connectivity index (χ3v) is 9.06. The van der Waals surface area contributed by atoms with Gasteiger partial charge in [0, 0.05) is 11.8 Å². The van der Waals surface area contributed by atoms with Crippen molar-refractivity contribution in [3.8, 4) is 12.3 Å². The SMILES string of the molecule is C#C[C@]1(OC(=O)C(C)C)CC[C@H]2[C@@H]3CCC4=CC(=O)CC[C@]4(C)[C@H]3CC[C@@]21C. The van der Waals surface area contributed by atoms with E-state index in [0.717, 1.165) is 44.9 Å². The molecule has 0 aromatic heterocycles. The van der Waals surface area contributed by atoms with Gasteiger partial charge in [-0.2, -0.15) is 0 Å².